The summed E-state index contributed by atoms with van der Waals surface area (Å²) < 4.78 is 0. The van der Waals surface area contributed by atoms with Crippen LogP contribution in [-0.4, -0.2) is 16.3 Å². The second-order valence-corrected chi connectivity index (χ2v) is 3.72. The summed E-state index contributed by atoms with van der Waals surface area (Å²) in [5, 5.41) is 10.5. The Morgan fingerprint density at radius 3 is 2.64 bits per heavy atom. The highest BCUT2D eigenvalue weighted by atomic mass is 32.2. The van der Waals surface area contributed by atoms with Gasteiger partial charge in [-0.25, -0.2) is 0 Å². The largest absolute Gasteiger partial charge is 0.389 e. The number of benzene rings is 1. The van der Waals surface area contributed by atoms with E-state index in [0.717, 1.165) is 11.8 Å². The number of aliphatic hydroxyl groups excluding tert-OH is 1. The topological polar surface area (TPSA) is 37.3 Å². The molecule has 1 atom stereocenters. The van der Waals surface area contributed by atoms with E-state index in [0.29, 0.717) is 5.56 Å². The average molecular weight is 208 g/mol. The maximum absolute atomic E-state index is 11.5. The zero-order chi connectivity index (χ0) is 10.4. The lowest BCUT2D eigenvalue weighted by molar-refractivity contribution is 0.109. The van der Waals surface area contributed by atoms with Gasteiger partial charge in [0.25, 0.3) is 0 Å². The van der Waals surface area contributed by atoms with Gasteiger partial charge in [-0.05, 0) is 18.4 Å². The fourth-order valence-electron chi connectivity index (χ4n) is 0.857. The smallest absolute Gasteiger partial charge is 0.223 e. The van der Waals surface area contributed by atoms with Gasteiger partial charge in [-0.2, -0.15) is 0 Å². The Morgan fingerprint density at radius 1 is 1.43 bits per heavy atom. The molecule has 0 aliphatic rings. The molecule has 74 valence electrons. The average Bonchev–Trinajstić information content (AvgIpc) is 2.18. The van der Waals surface area contributed by atoms with Crippen LogP contribution in [0, 0.1) is 0 Å². The molecule has 0 aliphatic carbocycles. The SMILES string of the molecule is C[C@@H](O)/C=C/SC(=O)c1ccccc1. The summed E-state index contributed by atoms with van der Waals surface area (Å²) in [6.07, 6.45) is 1.07. The van der Waals surface area contributed by atoms with Crippen LogP contribution in [0.1, 0.15) is 17.3 Å². The summed E-state index contributed by atoms with van der Waals surface area (Å²) >= 11 is 1.08. The minimum atomic E-state index is -0.508. The van der Waals surface area contributed by atoms with Gasteiger partial charge in [0.2, 0.25) is 5.12 Å². The molecule has 0 aromatic heterocycles. The third-order valence-corrected chi connectivity index (χ3v) is 2.28. The number of hydrogen-bond acceptors (Lipinski definition) is 3. The third-order valence-electron chi connectivity index (χ3n) is 1.54. The van der Waals surface area contributed by atoms with Crippen LogP contribution >= 0.6 is 11.8 Å². The summed E-state index contributed by atoms with van der Waals surface area (Å²) in [6, 6.07) is 9.06. The molecule has 0 aliphatic heterocycles. The van der Waals surface area contributed by atoms with E-state index in [1.54, 1.807) is 30.5 Å². The first-order chi connectivity index (χ1) is 6.70. The number of carbonyl (C=O) groups is 1. The first-order valence-corrected chi connectivity index (χ1v) is 5.19. The lowest BCUT2D eigenvalue weighted by Crippen LogP contribution is -1.93. The molecule has 0 amide bonds. The first-order valence-electron chi connectivity index (χ1n) is 4.31. The number of aliphatic hydroxyl groups is 1. The molecule has 0 spiro atoms. The minimum Gasteiger partial charge on any atom is -0.389 e. The van der Waals surface area contributed by atoms with Crippen molar-refractivity contribution in [3.63, 3.8) is 0 Å². The molecule has 1 rings (SSSR count). The van der Waals surface area contributed by atoms with Gasteiger partial charge in [0.15, 0.2) is 0 Å². The number of carbonyl (C=O) groups excluding carboxylic acids is 1. The number of thioether (sulfide) groups is 1. The van der Waals surface area contributed by atoms with E-state index >= 15 is 0 Å². The lowest BCUT2D eigenvalue weighted by Gasteiger charge is -1.96. The minimum absolute atomic E-state index is 0.0116. The molecule has 1 aromatic rings. The highest BCUT2D eigenvalue weighted by Gasteiger charge is 2.02. The van der Waals surface area contributed by atoms with Crippen molar-refractivity contribution in [2.75, 3.05) is 0 Å². The molecule has 0 fully saturated rings. The van der Waals surface area contributed by atoms with Crippen molar-refractivity contribution in [3.8, 4) is 0 Å². The Balaban J connectivity index is 2.52. The van der Waals surface area contributed by atoms with Crippen molar-refractivity contribution >= 4 is 16.9 Å². The van der Waals surface area contributed by atoms with Crippen molar-refractivity contribution in [2.24, 2.45) is 0 Å². The van der Waals surface area contributed by atoms with Crippen LogP contribution in [-0.2, 0) is 0 Å². The Bertz CT molecular complexity index is 317. The fraction of sp³-hybridized carbons (Fsp3) is 0.182. The molecule has 3 heteroatoms. The standard InChI is InChI=1S/C11H12O2S/c1-9(12)7-8-14-11(13)10-5-3-2-4-6-10/h2-9,12H,1H3/b8-7+/t9-/m1/s1. The molecule has 0 saturated heterocycles. The van der Waals surface area contributed by atoms with Crippen LogP contribution < -0.4 is 0 Å². The van der Waals surface area contributed by atoms with Gasteiger partial charge >= 0.3 is 0 Å². The van der Waals surface area contributed by atoms with Gasteiger partial charge in [-0.15, -0.1) is 0 Å². The lowest BCUT2D eigenvalue weighted by atomic mass is 10.2. The summed E-state index contributed by atoms with van der Waals surface area (Å²) in [7, 11) is 0. The molecule has 0 heterocycles. The van der Waals surface area contributed by atoms with Crippen molar-refractivity contribution in [3.05, 3.63) is 47.4 Å². The van der Waals surface area contributed by atoms with Crippen molar-refractivity contribution in [2.45, 2.75) is 13.0 Å². The predicted octanol–water partition coefficient (Wildman–Crippen LogP) is 2.45. The van der Waals surface area contributed by atoms with Gasteiger partial charge in [0.05, 0.1) is 6.10 Å². The Kier molecular flexibility index (Phi) is 4.43. The van der Waals surface area contributed by atoms with E-state index in [2.05, 4.69) is 0 Å². The van der Waals surface area contributed by atoms with Gasteiger partial charge in [-0.1, -0.05) is 42.1 Å². The maximum Gasteiger partial charge on any atom is 0.223 e. The zero-order valence-electron chi connectivity index (χ0n) is 7.88. The molecule has 0 saturated carbocycles. The summed E-state index contributed by atoms with van der Waals surface area (Å²) in [5.74, 6) is 0. The van der Waals surface area contributed by atoms with Crippen molar-refractivity contribution in [1.29, 1.82) is 0 Å². The molecular weight excluding hydrogens is 196 g/mol. The summed E-state index contributed by atoms with van der Waals surface area (Å²) in [4.78, 5) is 11.5. The highest BCUT2D eigenvalue weighted by molar-refractivity contribution is 8.16. The molecule has 0 bridgehead atoms. The Labute approximate surface area is 87.6 Å². The van der Waals surface area contributed by atoms with E-state index in [4.69, 9.17) is 5.11 Å². The van der Waals surface area contributed by atoms with Crippen molar-refractivity contribution in [1.82, 2.24) is 0 Å². The molecule has 0 unspecified atom stereocenters. The van der Waals surface area contributed by atoms with Crippen LogP contribution in [0.25, 0.3) is 0 Å². The van der Waals surface area contributed by atoms with Crippen LogP contribution in [0.3, 0.4) is 0 Å². The maximum atomic E-state index is 11.5. The van der Waals surface area contributed by atoms with E-state index < -0.39 is 6.10 Å². The van der Waals surface area contributed by atoms with E-state index in [1.807, 2.05) is 18.2 Å². The normalized spacial score (nSPS) is 13.0. The second-order valence-electron chi connectivity index (χ2n) is 2.84. The van der Waals surface area contributed by atoms with Gasteiger partial charge in [0, 0.05) is 5.56 Å². The third kappa shape index (κ3) is 3.77. The molecular formula is C11H12O2S. The Morgan fingerprint density at radius 2 is 2.07 bits per heavy atom. The zero-order valence-corrected chi connectivity index (χ0v) is 8.70. The van der Waals surface area contributed by atoms with E-state index in [-0.39, 0.29) is 5.12 Å². The monoisotopic (exact) mass is 208 g/mol. The van der Waals surface area contributed by atoms with Crippen LogP contribution in [0.2, 0.25) is 0 Å². The number of hydrogen-bond donors (Lipinski definition) is 1. The number of rotatable bonds is 3. The van der Waals surface area contributed by atoms with Crippen LogP contribution in [0.4, 0.5) is 0 Å². The summed E-state index contributed by atoms with van der Waals surface area (Å²) in [6.45, 7) is 1.64. The molecule has 0 radical (unpaired) electrons. The van der Waals surface area contributed by atoms with Crippen LogP contribution in [0.15, 0.2) is 41.8 Å². The quantitative estimate of drug-likeness (QED) is 0.829. The molecule has 2 nitrogen and oxygen atoms in total. The predicted molar refractivity (Wildman–Crippen MR) is 59.2 cm³/mol. The highest BCUT2D eigenvalue weighted by Crippen LogP contribution is 2.13. The fourth-order valence-corrected chi connectivity index (χ4v) is 1.56. The molecule has 1 aromatic carbocycles. The van der Waals surface area contributed by atoms with E-state index in [1.165, 1.54) is 0 Å². The molecule has 1 N–H and O–H groups in total. The van der Waals surface area contributed by atoms with E-state index in [9.17, 15) is 4.79 Å². The van der Waals surface area contributed by atoms with Crippen molar-refractivity contribution < 1.29 is 9.90 Å². The van der Waals surface area contributed by atoms with Gasteiger partial charge in [-0.3, -0.25) is 4.79 Å². The summed E-state index contributed by atoms with van der Waals surface area (Å²) in [5.41, 5.74) is 0.674. The van der Waals surface area contributed by atoms with Crippen LogP contribution in [0.5, 0.6) is 0 Å². The molecule has 14 heavy (non-hydrogen) atoms. The second kappa shape index (κ2) is 5.62. The Hall–Kier alpha value is -1.06. The van der Waals surface area contributed by atoms with Gasteiger partial charge in [0.1, 0.15) is 0 Å². The van der Waals surface area contributed by atoms with Gasteiger partial charge < -0.3 is 5.11 Å². The first kappa shape index (κ1) is 11.0.